The molecular formula is C14H20N2O3. The van der Waals surface area contributed by atoms with Gasteiger partial charge in [-0.15, -0.1) is 0 Å². The van der Waals surface area contributed by atoms with E-state index in [0.717, 1.165) is 31.5 Å². The maximum Gasteiger partial charge on any atom is 0.214 e. The van der Waals surface area contributed by atoms with Gasteiger partial charge in [0.1, 0.15) is 0 Å². The van der Waals surface area contributed by atoms with Gasteiger partial charge < -0.3 is 10.0 Å². The highest BCUT2D eigenvalue weighted by atomic mass is 16.6. The lowest BCUT2D eigenvalue weighted by Crippen LogP contribution is -2.22. The van der Waals surface area contributed by atoms with Crippen molar-refractivity contribution in [2.75, 3.05) is 24.6 Å². The largest absolute Gasteiger partial charge is 0.396 e. The molecule has 1 aromatic carbocycles. The van der Waals surface area contributed by atoms with Gasteiger partial charge in [-0.25, -0.2) is 0 Å². The van der Waals surface area contributed by atoms with Gasteiger partial charge in [0.15, 0.2) is 0 Å². The summed E-state index contributed by atoms with van der Waals surface area (Å²) in [5.74, 6) is 0. The second-order valence-electron chi connectivity index (χ2n) is 5.12. The average Bonchev–Trinajstić information content (AvgIpc) is 2.78. The van der Waals surface area contributed by atoms with Crippen LogP contribution in [0.4, 0.5) is 5.69 Å². The first-order valence-corrected chi connectivity index (χ1v) is 6.73. The summed E-state index contributed by atoms with van der Waals surface area (Å²) in [4.78, 5) is 12.7. The molecule has 0 radical (unpaired) electrons. The molecule has 0 bridgehead atoms. The molecule has 1 aliphatic heterocycles. The van der Waals surface area contributed by atoms with Gasteiger partial charge in [-0.05, 0) is 30.0 Å². The van der Waals surface area contributed by atoms with Crippen LogP contribution < -0.4 is 4.90 Å². The fourth-order valence-electron chi connectivity index (χ4n) is 2.56. The number of nitrogens with zero attached hydrogens (tertiary/aromatic N) is 2. The van der Waals surface area contributed by atoms with Crippen molar-refractivity contribution in [3.63, 3.8) is 0 Å². The Labute approximate surface area is 113 Å². The van der Waals surface area contributed by atoms with Gasteiger partial charge in [0.05, 0.1) is 0 Å². The summed E-state index contributed by atoms with van der Waals surface area (Å²) in [5, 5.41) is 19.6. The number of anilines is 1. The summed E-state index contributed by atoms with van der Waals surface area (Å²) in [6.07, 6.45) is 2.25. The molecule has 0 aromatic heterocycles. The fourth-order valence-corrected chi connectivity index (χ4v) is 2.56. The first-order valence-electron chi connectivity index (χ1n) is 6.73. The maximum atomic E-state index is 10.7. The smallest absolute Gasteiger partial charge is 0.214 e. The van der Waals surface area contributed by atoms with Crippen LogP contribution in [0.15, 0.2) is 18.2 Å². The molecule has 1 aromatic rings. The average molecular weight is 264 g/mol. The van der Waals surface area contributed by atoms with E-state index in [0.29, 0.717) is 6.42 Å². The molecule has 104 valence electrons. The summed E-state index contributed by atoms with van der Waals surface area (Å²) >= 11 is 0. The molecular weight excluding hydrogens is 244 g/mol. The Hall–Kier alpha value is -1.62. The molecule has 0 fully saturated rings. The quantitative estimate of drug-likeness (QED) is 0.626. The number of hydrogen-bond donors (Lipinski definition) is 1. The summed E-state index contributed by atoms with van der Waals surface area (Å²) in [6.45, 7) is 3.70. The number of aliphatic hydroxyl groups is 1. The fraction of sp³-hybridized carbons (Fsp3) is 0.571. The molecule has 5 nitrogen and oxygen atoms in total. The SMILES string of the molecule is CC(Cc1ccc2c(c1)CCN2CCCO)[N+](=O)[O-]. The minimum atomic E-state index is -0.537. The van der Waals surface area contributed by atoms with E-state index in [1.165, 1.54) is 11.3 Å². The third-order valence-electron chi connectivity index (χ3n) is 3.61. The molecule has 2 rings (SSSR count). The summed E-state index contributed by atoms with van der Waals surface area (Å²) < 4.78 is 0. The van der Waals surface area contributed by atoms with Crippen LogP contribution in [0.1, 0.15) is 24.5 Å². The van der Waals surface area contributed by atoms with Crippen molar-refractivity contribution < 1.29 is 10.0 Å². The lowest BCUT2D eigenvalue weighted by molar-refractivity contribution is -0.517. The Morgan fingerprint density at radius 1 is 1.53 bits per heavy atom. The monoisotopic (exact) mass is 264 g/mol. The summed E-state index contributed by atoms with van der Waals surface area (Å²) in [6, 6.07) is 5.59. The van der Waals surface area contributed by atoms with Gasteiger partial charge in [0.2, 0.25) is 6.04 Å². The predicted octanol–water partition coefficient (Wildman–Crippen LogP) is 1.64. The zero-order valence-corrected chi connectivity index (χ0v) is 11.2. The van der Waals surface area contributed by atoms with E-state index in [1.54, 1.807) is 6.92 Å². The third kappa shape index (κ3) is 3.23. The van der Waals surface area contributed by atoms with Crippen molar-refractivity contribution in [3.05, 3.63) is 39.4 Å². The van der Waals surface area contributed by atoms with E-state index < -0.39 is 6.04 Å². The molecule has 0 spiro atoms. The van der Waals surface area contributed by atoms with Crippen molar-refractivity contribution in [1.82, 2.24) is 0 Å². The zero-order chi connectivity index (χ0) is 13.8. The lowest BCUT2D eigenvalue weighted by atomic mass is 10.0. The Kier molecular flexibility index (Phi) is 4.37. The summed E-state index contributed by atoms with van der Waals surface area (Å²) in [5.41, 5.74) is 3.52. The van der Waals surface area contributed by atoms with Crippen LogP contribution in [0, 0.1) is 10.1 Å². The second kappa shape index (κ2) is 6.02. The number of aliphatic hydroxyl groups excluding tert-OH is 1. The van der Waals surface area contributed by atoms with E-state index in [2.05, 4.69) is 17.0 Å². The minimum absolute atomic E-state index is 0.213. The van der Waals surface area contributed by atoms with Crippen molar-refractivity contribution in [2.45, 2.75) is 32.2 Å². The van der Waals surface area contributed by atoms with Crippen LogP contribution in [-0.2, 0) is 12.8 Å². The normalized spacial score (nSPS) is 15.4. The van der Waals surface area contributed by atoms with Crippen LogP contribution in [0.25, 0.3) is 0 Å². The molecule has 1 N–H and O–H groups in total. The van der Waals surface area contributed by atoms with E-state index >= 15 is 0 Å². The molecule has 19 heavy (non-hydrogen) atoms. The van der Waals surface area contributed by atoms with Gasteiger partial charge in [0, 0.05) is 43.7 Å². The highest BCUT2D eigenvalue weighted by molar-refractivity contribution is 5.59. The van der Waals surface area contributed by atoms with Crippen molar-refractivity contribution in [3.8, 4) is 0 Å². The number of nitro groups is 1. The Bertz CT molecular complexity index is 462. The first kappa shape index (κ1) is 13.8. The molecule has 0 aliphatic carbocycles. The number of rotatable bonds is 6. The second-order valence-corrected chi connectivity index (χ2v) is 5.12. The van der Waals surface area contributed by atoms with Crippen LogP contribution in [0.5, 0.6) is 0 Å². The number of fused-ring (bicyclic) bond motifs is 1. The van der Waals surface area contributed by atoms with Gasteiger partial charge in [0.25, 0.3) is 0 Å². The van der Waals surface area contributed by atoms with Crippen molar-refractivity contribution >= 4 is 5.69 Å². The van der Waals surface area contributed by atoms with Gasteiger partial charge in [-0.1, -0.05) is 12.1 Å². The Balaban J connectivity index is 2.07. The maximum absolute atomic E-state index is 10.7. The van der Waals surface area contributed by atoms with Gasteiger partial charge >= 0.3 is 0 Å². The molecule has 0 amide bonds. The Morgan fingerprint density at radius 2 is 2.32 bits per heavy atom. The highest BCUT2D eigenvalue weighted by Crippen LogP contribution is 2.29. The first-order chi connectivity index (χ1) is 9.11. The van der Waals surface area contributed by atoms with Crippen molar-refractivity contribution in [2.24, 2.45) is 0 Å². The van der Waals surface area contributed by atoms with E-state index in [-0.39, 0.29) is 11.5 Å². The van der Waals surface area contributed by atoms with Gasteiger partial charge in [-0.3, -0.25) is 10.1 Å². The molecule has 1 atom stereocenters. The van der Waals surface area contributed by atoms with Crippen LogP contribution in [-0.4, -0.2) is 35.8 Å². The standard InChI is InChI=1S/C14H20N2O3/c1-11(16(18)19)9-12-3-4-14-13(10-12)5-7-15(14)6-2-8-17/h3-4,10-11,17H,2,5-9H2,1H3. The molecule has 1 aliphatic rings. The topological polar surface area (TPSA) is 66.6 Å². The van der Waals surface area contributed by atoms with E-state index in [9.17, 15) is 10.1 Å². The van der Waals surface area contributed by atoms with Crippen LogP contribution in [0.3, 0.4) is 0 Å². The van der Waals surface area contributed by atoms with E-state index in [1.807, 2.05) is 6.07 Å². The molecule has 1 heterocycles. The Morgan fingerprint density at radius 3 is 3.00 bits per heavy atom. The number of hydrogen-bond acceptors (Lipinski definition) is 4. The molecule has 0 saturated carbocycles. The third-order valence-corrected chi connectivity index (χ3v) is 3.61. The van der Waals surface area contributed by atoms with Crippen LogP contribution in [0.2, 0.25) is 0 Å². The number of benzene rings is 1. The van der Waals surface area contributed by atoms with E-state index in [4.69, 9.17) is 5.11 Å². The molecule has 0 saturated heterocycles. The molecule has 5 heteroatoms. The predicted molar refractivity (Wildman–Crippen MR) is 74.2 cm³/mol. The minimum Gasteiger partial charge on any atom is -0.396 e. The summed E-state index contributed by atoms with van der Waals surface area (Å²) in [7, 11) is 0. The van der Waals surface area contributed by atoms with Crippen molar-refractivity contribution in [1.29, 1.82) is 0 Å². The zero-order valence-electron chi connectivity index (χ0n) is 11.2. The highest BCUT2D eigenvalue weighted by Gasteiger charge is 2.20. The lowest BCUT2D eigenvalue weighted by Gasteiger charge is -2.18. The van der Waals surface area contributed by atoms with Crippen LogP contribution >= 0.6 is 0 Å². The molecule has 1 unspecified atom stereocenters. The van der Waals surface area contributed by atoms with Gasteiger partial charge in [-0.2, -0.15) is 0 Å².